The summed E-state index contributed by atoms with van der Waals surface area (Å²) in [5, 5.41) is 11.7. The van der Waals surface area contributed by atoms with Gasteiger partial charge in [-0.2, -0.15) is 0 Å². The molecule has 2 aromatic heterocycles. The monoisotopic (exact) mass is 384 g/mol. The second kappa shape index (κ2) is 8.68. The molecule has 0 atom stereocenters. The Hall–Kier alpha value is -2.87. The molecule has 0 spiro atoms. The van der Waals surface area contributed by atoms with Crippen LogP contribution in [0.3, 0.4) is 0 Å². The molecule has 3 aromatic rings. The Kier molecular flexibility index (Phi) is 6.08. The smallest absolute Gasteiger partial charge is 0.287 e. The van der Waals surface area contributed by atoms with Crippen LogP contribution >= 0.6 is 11.8 Å². The van der Waals surface area contributed by atoms with E-state index in [4.69, 9.17) is 4.42 Å². The summed E-state index contributed by atoms with van der Waals surface area (Å²) in [5.74, 6) is 0.881. The first-order valence-corrected chi connectivity index (χ1v) is 9.53. The van der Waals surface area contributed by atoms with Gasteiger partial charge in [-0.05, 0) is 26.0 Å². The Labute approximate surface area is 161 Å². The molecule has 1 amide bonds. The van der Waals surface area contributed by atoms with Crippen LogP contribution in [-0.4, -0.2) is 32.2 Å². The minimum absolute atomic E-state index is 0.0401. The van der Waals surface area contributed by atoms with Crippen molar-refractivity contribution in [3.63, 3.8) is 0 Å². The van der Waals surface area contributed by atoms with Gasteiger partial charge in [0, 0.05) is 12.1 Å². The van der Waals surface area contributed by atoms with Crippen LogP contribution < -0.4 is 5.32 Å². The Morgan fingerprint density at radius 3 is 2.63 bits per heavy atom. The van der Waals surface area contributed by atoms with Gasteiger partial charge in [0.25, 0.3) is 5.91 Å². The van der Waals surface area contributed by atoms with E-state index in [1.165, 1.54) is 18.0 Å². The van der Waals surface area contributed by atoms with E-state index in [1.807, 2.05) is 42.7 Å². The molecule has 8 heteroatoms. The van der Waals surface area contributed by atoms with E-state index in [0.717, 1.165) is 5.56 Å². The zero-order valence-electron chi connectivity index (χ0n) is 15.1. The average molecular weight is 384 g/mol. The Balaban J connectivity index is 1.60. The third-order valence-corrected chi connectivity index (χ3v) is 4.93. The predicted octanol–water partition coefficient (Wildman–Crippen LogP) is 3.10. The van der Waals surface area contributed by atoms with Crippen molar-refractivity contribution in [1.82, 2.24) is 20.1 Å². The molecule has 0 unspecified atom stereocenters. The Morgan fingerprint density at radius 2 is 1.96 bits per heavy atom. The molecule has 0 aliphatic heterocycles. The zero-order chi connectivity index (χ0) is 19.2. The van der Waals surface area contributed by atoms with Gasteiger partial charge in [-0.1, -0.05) is 41.6 Å². The molecule has 1 aromatic carbocycles. The number of furan rings is 1. The highest BCUT2D eigenvalue weighted by atomic mass is 32.2. The summed E-state index contributed by atoms with van der Waals surface area (Å²) in [6, 6.07) is 10.8. The van der Waals surface area contributed by atoms with E-state index < -0.39 is 0 Å². The number of nitrogens with zero attached hydrogens (tertiary/aromatic N) is 3. The van der Waals surface area contributed by atoms with E-state index in [1.54, 1.807) is 12.1 Å². The lowest BCUT2D eigenvalue weighted by molar-refractivity contribution is 0.0921. The van der Waals surface area contributed by atoms with Gasteiger partial charge < -0.3 is 14.3 Å². The number of aromatic nitrogens is 3. The fourth-order valence-corrected chi connectivity index (χ4v) is 3.40. The summed E-state index contributed by atoms with van der Waals surface area (Å²) in [6.45, 7) is 4.82. The van der Waals surface area contributed by atoms with Crippen LogP contribution in [-0.2, 0) is 13.1 Å². The quantitative estimate of drug-likeness (QED) is 0.474. The molecule has 1 N–H and O–H groups in total. The molecule has 0 saturated heterocycles. The molecule has 7 nitrogen and oxygen atoms in total. The number of Topliss-reactive ketones (excluding diaryl/α,β-unsaturated/α-hetero) is 1. The van der Waals surface area contributed by atoms with Crippen LogP contribution in [0, 0.1) is 6.92 Å². The van der Waals surface area contributed by atoms with Crippen molar-refractivity contribution in [3.05, 3.63) is 65.4 Å². The first-order chi connectivity index (χ1) is 13.1. The molecule has 140 valence electrons. The molecular formula is C19H20N4O3S. The number of carbonyl (C=O) groups excluding carboxylic acids is 2. The van der Waals surface area contributed by atoms with Gasteiger partial charge in [-0.15, -0.1) is 10.2 Å². The van der Waals surface area contributed by atoms with Gasteiger partial charge in [0.1, 0.15) is 0 Å². The maximum Gasteiger partial charge on any atom is 0.287 e. The maximum atomic E-state index is 12.3. The summed E-state index contributed by atoms with van der Waals surface area (Å²) in [4.78, 5) is 24.3. The van der Waals surface area contributed by atoms with Crippen LogP contribution in [0.4, 0.5) is 0 Å². The summed E-state index contributed by atoms with van der Waals surface area (Å²) in [6.07, 6.45) is 1.45. The van der Waals surface area contributed by atoms with Crippen LogP contribution in [0.5, 0.6) is 0 Å². The highest BCUT2D eigenvalue weighted by Crippen LogP contribution is 2.19. The third-order valence-electron chi connectivity index (χ3n) is 3.97. The van der Waals surface area contributed by atoms with Crippen molar-refractivity contribution in [2.75, 3.05) is 5.75 Å². The number of aryl methyl sites for hydroxylation is 1. The van der Waals surface area contributed by atoms with Crippen molar-refractivity contribution in [3.8, 4) is 0 Å². The van der Waals surface area contributed by atoms with E-state index in [-0.39, 0.29) is 29.7 Å². The first kappa shape index (κ1) is 18.9. The minimum atomic E-state index is -0.311. The molecule has 27 heavy (non-hydrogen) atoms. The summed E-state index contributed by atoms with van der Waals surface area (Å²) in [7, 11) is 0. The number of hydrogen-bond donors (Lipinski definition) is 1. The average Bonchev–Trinajstić information content (AvgIpc) is 3.34. The molecule has 3 rings (SSSR count). The number of thioether (sulfide) groups is 1. The van der Waals surface area contributed by atoms with Crippen LogP contribution in [0.2, 0.25) is 0 Å². The molecule has 0 radical (unpaired) electrons. The zero-order valence-corrected chi connectivity index (χ0v) is 16.0. The number of hydrogen-bond acceptors (Lipinski definition) is 6. The molecule has 0 saturated carbocycles. The highest BCUT2D eigenvalue weighted by Gasteiger charge is 2.15. The van der Waals surface area contributed by atoms with E-state index in [0.29, 0.717) is 23.1 Å². The number of ketones is 1. The van der Waals surface area contributed by atoms with Crippen LogP contribution in [0.1, 0.15) is 39.2 Å². The number of amides is 1. The topological polar surface area (TPSA) is 90.0 Å². The lowest BCUT2D eigenvalue weighted by Gasteiger charge is -2.08. The fourth-order valence-electron chi connectivity index (χ4n) is 2.48. The summed E-state index contributed by atoms with van der Waals surface area (Å²) < 4.78 is 6.95. The van der Waals surface area contributed by atoms with Crippen LogP contribution in [0.25, 0.3) is 0 Å². The second-order valence-electron chi connectivity index (χ2n) is 5.88. The van der Waals surface area contributed by atoms with Gasteiger partial charge in [0.15, 0.2) is 22.5 Å². The van der Waals surface area contributed by atoms with Crippen molar-refractivity contribution in [1.29, 1.82) is 0 Å². The second-order valence-corrected chi connectivity index (χ2v) is 6.82. The maximum absolute atomic E-state index is 12.3. The molecular weight excluding hydrogens is 364 g/mol. The van der Waals surface area contributed by atoms with Gasteiger partial charge in [-0.25, -0.2) is 0 Å². The molecule has 0 bridgehead atoms. The van der Waals surface area contributed by atoms with Gasteiger partial charge in [0.05, 0.1) is 18.6 Å². The fraction of sp³-hybridized carbons (Fsp3) is 0.263. The van der Waals surface area contributed by atoms with Gasteiger partial charge in [0.2, 0.25) is 0 Å². The normalized spacial score (nSPS) is 10.7. The summed E-state index contributed by atoms with van der Waals surface area (Å²) in [5.41, 5.74) is 1.80. The molecule has 0 fully saturated rings. The van der Waals surface area contributed by atoms with Crippen molar-refractivity contribution >= 4 is 23.5 Å². The Morgan fingerprint density at radius 1 is 1.19 bits per heavy atom. The van der Waals surface area contributed by atoms with E-state index >= 15 is 0 Å². The van der Waals surface area contributed by atoms with Crippen molar-refractivity contribution < 1.29 is 14.0 Å². The molecule has 0 aliphatic rings. The number of rotatable bonds is 8. The summed E-state index contributed by atoms with van der Waals surface area (Å²) >= 11 is 1.34. The first-order valence-electron chi connectivity index (χ1n) is 8.55. The van der Waals surface area contributed by atoms with Gasteiger partial charge >= 0.3 is 0 Å². The molecule has 2 heterocycles. The highest BCUT2D eigenvalue weighted by molar-refractivity contribution is 7.99. The lowest BCUT2D eigenvalue weighted by Crippen LogP contribution is -2.24. The molecule has 0 aliphatic carbocycles. The van der Waals surface area contributed by atoms with E-state index in [2.05, 4.69) is 15.5 Å². The number of benzene rings is 1. The van der Waals surface area contributed by atoms with Crippen LogP contribution in [0.15, 0.2) is 52.2 Å². The lowest BCUT2D eigenvalue weighted by atomic mass is 10.1. The number of carbonyl (C=O) groups is 2. The minimum Gasteiger partial charge on any atom is -0.459 e. The SMILES string of the molecule is CCn1c(CNC(=O)c2ccco2)nnc1SCC(=O)c1ccc(C)cc1. The third kappa shape index (κ3) is 4.65. The number of nitrogens with one attached hydrogen (secondary N) is 1. The predicted molar refractivity (Wildman–Crippen MR) is 102 cm³/mol. The largest absolute Gasteiger partial charge is 0.459 e. The van der Waals surface area contributed by atoms with E-state index in [9.17, 15) is 9.59 Å². The van der Waals surface area contributed by atoms with Crippen molar-refractivity contribution in [2.45, 2.75) is 32.1 Å². The van der Waals surface area contributed by atoms with Gasteiger partial charge in [-0.3, -0.25) is 9.59 Å². The standard InChI is InChI=1S/C19H20N4O3S/c1-3-23-17(11-20-18(25)16-5-4-10-26-16)21-22-19(23)27-12-15(24)14-8-6-13(2)7-9-14/h4-10H,3,11-12H2,1-2H3,(H,20,25). The Bertz CT molecular complexity index is 917. The van der Waals surface area contributed by atoms with Crippen molar-refractivity contribution in [2.24, 2.45) is 0 Å².